The summed E-state index contributed by atoms with van der Waals surface area (Å²) in [4.78, 5) is 12.0. The van der Waals surface area contributed by atoms with E-state index in [9.17, 15) is 4.79 Å². The van der Waals surface area contributed by atoms with E-state index in [0.29, 0.717) is 17.9 Å². The molecule has 0 aromatic heterocycles. The van der Waals surface area contributed by atoms with Gasteiger partial charge in [-0.2, -0.15) is 0 Å². The Hall–Kier alpha value is -0.250. The van der Waals surface area contributed by atoms with E-state index >= 15 is 0 Å². The summed E-state index contributed by atoms with van der Waals surface area (Å²) in [6, 6.07) is 0.346. The maximum Gasteiger partial charge on any atom is 0.407 e. The van der Waals surface area contributed by atoms with E-state index in [1.807, 2.05) is 20.8 Å². The predicted octanol–water partition coefficient (Wildman–Crippen LogP) is 4.49. The van der Waals surface area contributed by atoms with Gasteiger partial charge in [-0.15, -0.1) is 0 Å². The molecule has 1 N–H and O–H groups in total. The highest BCUT2D eigenvalue weighted by atomic mass is 79.9. The minimum Gasteiger partial charge on any atom is -0.444 e. The first-order valence-electron chi connectivity index (χ1n) is 7.96. The number of alkyl carbamates (subject to hydrolysis) is 1. The van der Waals surface area contributed by atoms with Gasteiger partial charge in [0.25, 0.3) is 0 Å². The largest absolute Gasteiger partial charge is 0.444 e. The molecular formula is C16H28BrNO2. The molecule has 4 atom stereocenters. The van der Waals surface area contributed by atoms with Crippen molar-refractivity contribution in [1.29, 1.82) is 0 Å². The van der Waals surface area contributed by atoms with Crippen LogP contribution in [0, 0.1) is 17.8 Å². The number of unbranched alkanes of at least 4 members (excludes halogenated alkanes) is 1. The maximum absolute atomic E-state index is 12.0. The van der Waals surface area contributed by atoms with Gasteiger partial charge in [0.15, 0.2) is 0 Å². The quantitative estimate of drug-likeness (QED) is 0.588. The summed E-state index contributed by atoms with van der Waals surface area (Å²) in [5.74, 6) is 2.18. The van der Waals surface area contributed by atoms with Crippen molar-refractivity contribution >= 4 is 22.0 Å². The first-order valence-corrected chi connectivity index (χ1v) is 9.08. The fourth-order valence-electron chi connectivity index (χ4n) is 3.97. The van der Waals surface area contributed by atoms with Crippen LogP contribution in [0.25, 0.3) is 0 Å². The van der Waals surface area contributed by atoms with Gasteiger partial charge in [0.05, 0.1) is 0 Å². The highest BCUT2D eigenvalue weighted by Crippen LogP contribution is 2.50. The molecule has 2 saturated carbocycles. The number of rotatable bonds is 5. The molecule has 2 rings (SSSR count). The lowest BCUT2D eigenvalue weighted by Gasteiger charge is -2.32. The lowest BCUT2D eigenvalue weighted by atomic mass is 9.81. The number of hydrogen-bond acceptors (Lipinski definition) is 2. The van der Waals surface area contributed by atoms with Crippen molar-refractivity contribution in [1.82, 2.24) is 5.32 Å². The lowest BCUT2D eigenvalue weighted by Crippen LogP contribution is -2.46. The predicted molar refractivity (Wildman–Crippen MR) is 85.1 cm³/mol. The van der Waals surface area contributed by atoms with E-state index in [1.165, 1.54) is 38.5 Å². The Morgan fingerprint density at radius 3 is 2.60 bits per heavy atom. The minimum absolute atomic E-state index is 0.236. The van der Waals surface area contributed by atoms with Gasteiger partial charge in [-0.1, -0.05) is 22.4 Å². The Bertz CT molecular complexity index is 340. The summed E-state index contributed by atoms with van der Waals surface area (Å²) in [7, 11) is 0. The van der Waals surface area contributed by atoms with Crippen LogP contribution in [0.2, 0.25) is 0 Å². The van der Waals surface area contributed by atoms with Crippen molar-refractivity contribution in [2.75, 3.05) is 5.33 Å². The van der Waals surface area contributed by atoms with E-state index in [-0.39, 0.29) is 6.09 Å². The number of fused-ring (bicyclic) bond motifs is 2. The second kappa shape index (κ2) is 6.67. The van der Waals surface area contributed by atoms with Crippen LogP contribution in [-0.2, 0) is 4.74 Å². The number of alkyl halides is 1. The van der Waals surface area contributed by atoms with Crippen molar-refractivity contribution in [2.45, 2.75) is 70.9 Å². The molecule has 2 fully saturated rings. The number of amides is 1. The Labute approximate surface area is 131 Å². The number of hydrogen-bond donors (Lipinski definition) is 1. The molecule has 1 amide bonds. The maximum atomic E-state index is 12.0. The zero-order valence-corrected chi connectivity index (χ0v) is 14.5. The molecule has 0 heterocycles. The molecule has 0 aliphatic heterocycles. The molecule has 4 heteroatoms. The zero-order chi connectivity index (χ0) is 14.8. The van der Waals surface area contributed by atoms with Gasteiger partial charge < -0.3 is 10.1 Å². The van der Waals surface area contributed by atoms with Gasteiger partial charge in [-0.3, -0.25) is 0 Å². The number of halogens is 1. The highest BCUT2D eigenvalue weighted by Gasteiger charge is 2.47. The molecule has 2 aliphatic carbocycles. The van der Waals surface area contributed by atoms with Crippen molar-refractivity contribution in [2.24, 2.45) is 17.8 Å². The third-order valence-electron chi connectivity index (χ3n) is 4.69. The Kier molecular flexibility index (Phi) is 5.38. The van der Waals surface area contributed by atoms with Crippen molar-refractivity contribution in [3.05, 3.63) is 0 Å². The molecule has 0 aromatic carbocycles. The molecule has 2 bridgehead atoms. The van der Waals surface area contributed by atoms with Crippen molar-refractivity contribution < 1.29 is 9.53 Å². The van der Waals surface area contributed by atoms with Gasteiger partial charge in [-0.05, 0) is 70.6 Å². The van der Waals surface area contributed by atoms with Crippen LogP contribution in [0.3, 0.4) is 0 Å². The van der Waals surface area contributed by atoms with Gasteiger partial charge in [0, 0.05) is 11.4 Å². The summed E-state index contributed by atoms with van der Waals surface area (Å²) in [5.41, 5.74) is -0.410. The summed E-state index contributed by atoms with van der Waals surface area (Å²) in [5, 5.41) is 4.25. The highest BCUT2D eigenvalue weighted by molar-refractivity contribution is 9.09. The van der Waals surface area contributed by atoms with Crippen LogP contribution in [0.5, 0.6) is 0 Å². The van der Waals surface area contributed by atoms with E-state index in [2.05, 4.69) is 21.2 Å². The fourth-order valence-corrected chi connectivity index (χ4v) is 4.37. The first kappa shape index (κ1) is 16.1. The molecule has 3 nitrogen and oxygen atoms in total. The number of ether oxygens (including phenoxy) is 1. The number of carbonyl (C=O) groups is 1. The van der Waals surface area contributed by atoms with E-state index < -0.39 is 5.60 Å². The minimum atomic E-state index is -0.410. The van der Waals surface area contributed by atoms with Crippen LogP contribution in [-0.4, -0.2) is 23.1 Å². The smallest absolute Gasteiger partial charge is 0.407 e. The third kappa shape index (κ3) is 4.12. The van der Waals surface area contributed by atoms with Crippen molar-refractivity contribution in [3.8, 4) is 0 Å². The molecule has 116 valence electrons. The Morgan fingerprint density at radius 1 is 1.25 bits per heavy atom. The molecule has 0 saturated heterocycles. The first-order chi connectivity index (χ1) is 9.40. The molecular weight excluding hydrogens is 318 g/mol. The molecule has 20 heavy (non-hydrogen) atoms. The fraction of sp³-hybridized carbons (Fsp3) is 0.938. The summed E-state index contributed by atoms with van der Waals surface area (Å²) >= 11 is 3.50. The van der Waals surface area contributed by atoms with Crippen LogP contribution in [0.15, 0.2) is 0 Å². The van der Waals surface area contributed by atoms with Crippen LogP contribution in [0.4, 0.5) is 4.79 Å². The molecule has 0 spiro atoms. The average molecular weight is 346 g/mol. The summed E-state index contributed by atoms with van der Waals surface area (Å²) < 4.78 is 5.42. The van der Waals surface area contributed by atoms with E-state index in [0.717, 1.165) is 11.2 Å². The SMILES string of the molecule is CC(C)(C)OC(=O)N[C@H]1[C@H]2CC[C@H](C2)[C@@H]1CCCCBr. The van der Waals surface area contributed by atoms with E-state index in [4.69, 9.17) is 4.74 Å². The van der Waals surface area contributed by atoms with Gasteiger partial charge in [0.2, 0.25) is 0 Å². The van der Waals surface area contributed by atoms with Crippen molar-refractivity contribution in [3.63, 3.8) is 0 Å². The van der Waals surface area contributed by atoms with Gasteiger partial charge in [0.1, 0.15) is 5.60 Å². The van der Waals surface area contributed by atoms with Gasteiger partial charge >= 0.3 is 6.09 Å². The molecule has 2 aliphatic rings. The average Bonchev–Trinajstić information content (AvgIpc) is 2.89. The second-order valence-corrected chi connectivity index (χ2v) is 8.15. The Morgan fingerprint density at radius 2 is 1.95 bits per heavy atom. The second-order valence-electron chi connectivity index (χ2n) is 7.35. The molecule has 0 unspecified atom stereocenters. The zero-order valence-electron chi connectivity index (χ0n) is 13.0. The summed E-state index contributed by atoms with van der Waals surface area (Å²) in [6.45, 7) is 5.75. The monoisotopic (exact) mass is 345 g/mol. The molecule has 0 radical (unpaired) electrons. The molecule has 0 aromatic rings. The lowest BCUT2D eigenvalue weighted by molar-refractivity contribution is 0.0459. The van der Waals surface area contributed by atoms with Crippen LogP contribution >= 0.6 is 15.9 Å². The summed E-state index contributed by atoms with van der Waals surface area (Å²) in [6.07, 6.45) is 7.43. The standard InChI is InChI=1S/C16H28BrNO2/c1-16(2,3)20-15(19)18-14-12-8-7-11(10-12)13(14)6-4-5-9-17/h11-14H,4-10H2,1-3H3,(H,18,19)/t11-,12+,13+,14+/m1/s1. The van der Waals surface area contributed by atoms with Crippen LogP contribution < -0.4 is 5.32 Å². The van der Waals surface area contributed by atoms with Crippen LogP contribution in [0.1, 0.15) is 59.3 Å². The van der Waals surface area contributed by atoms with E-state index in [1.54, 1.807) is 0 Å². The number of nitrogens with one attached hydrogen (secondary N) is 1. The number of carbonyl (C=O) groups excluding carboxylic acids is 1. The third-order valence-corrected chi connectivity index (χ3v) is 5.25. The topological polar surface area (TPSA) is 38.3 Å². The normalized spacial score (nSPS) is 32.4. The Balaban J connectivity index is 1.89. The van der Waals surface area contributed by atoms with Gasteiger partial charge in [-0.25, -0.2) is 4.79 Å².